The first-order chi connectivity index (χ1) is 18.5. The first-order valence-corrected chi connectivity index (χ1v) is 13.4. The molecule has 2 N–H and O–H groups in total. The maximum Gasteiger partial charge on any atom is 0.254 e. The number of hydrogen-bond donors (Lipinski definition) is 2. The van der Waals surface area contributed by atoms with Crippen LogP contribution in [-0.4, -0.2) is 72.8 Å². The fourth-order valence-electron chi connectivity index (χ4n) is 5.02. The molecule has 0 spiro atoms. The monoisotopic (exact) mass is 518 g/mol. The Hall–Kier alpha value is -3.72. The van der Waals surface area contributed by atoms with Crippen LogP contribution >= 0.6 is 0 Å². The predicted molar refractivity (Wildman–Crippen MR) is 143 cm³/mol. The second-order valence-corrected chi connectivity index (χ2v) is 10.3. The first kappa shape index (κ1) is 25.9. The van der Waals surface area contributed by atoms with Gasteiger partial charge in [-0.2, -0.15) is 0 Å². The van der Waals surface area contributed by atoms with E-state index >= 15 is 0 Å². The number of hydrogen-bond acceptors (Lipinski definition) is 5. The Morgan fingerprint density at radius 2 is 1.58 bits per heavy atom. The molecule has 2 heterocycles. The number of nitrogens with zero attached hydrogens (tertiary/aromatic N) is 2. The standard InChI is InChI=1S/C29H34N4O5/c34-26(30-24-10-8-22(9-11-24)28(36)32-13-15-38-16-14-32)18-20-3-1-5-25(17-20)31-27(35)23-4-2-12-33(19-23)29(37)21-6-7-21/h1,3,5,8-11,17,21,23H,2,4,6-7,12-16,18-19H2,(H,30,34)(H,31,35). The van der Waals surface area contributed by atoms with E-state index in [0.29, 0.717) is 49.8 Å². The minimum absolute atomic E-state index is 0.0412. The van der Waals surface area contributed by atoms with Crippen LogP contribution in [-0.2, 0) is 25.5 Å². The highest BCUT2D eigenvalue weighted by atomic mass is 16.5. The summed E-state index contributed by atoms with van der Waals surface area (Å²) in [6.45, 7) is 3.46. The summed E-state index contributed by atoms with van der Waals surface area (Å²) in [6.07, 6.45) is 3.67. The molecule has 0 aromatic heterocycles. The van der Waals surface area contributed by atoms with Gasteiger partial charge in [0, 0.05) is 49.0 Å². The van der Waals surface area contributed by atoms with Crippen LogP contribution in [0.25, 0.3) is 0 Å². The van der Waals surface area contributed by atoms with Crippen molar-refractivity contribution in [3.05, 3.63) is 59.7 Å². The molecule has 3 fully saturated rings. The summed E-state index contributed by atoms with van der Waals surface area (Å²) < 4.78 is 5.30. The smallest absolute Gasteiger partial charge is 0.254 e. The number of amides is 4. The maximum atomic E-state index is 12.9. The van der Waals surface area contributed by atoms with Crippen molar-refractivity contribution >= 4 is 35.0 Å². The summed E-state index contributed by atoms with van der Waals surface area (Å²) in [5.41, 5.74) is 2.59. The van der Waals surface area contributed by atoms with Crippen molar-refractivity contribution in [1.82, 2.24) is 9.80 Å². The molecule has 5 rings (SSSR count). The Morgan fingerprint density at radius 3 is 2.32 bits per heavy atom. The summed E-state index contributed by atoms with van der Waals surface area (Å²) >= 11 is 0. The molecule has 2 aliphatic heterocycles. The quantitative estimate of drug-likeness (QED) is 0.586. The lowest BCUT2D eigenvalue weighted by Gasteiger charge is -2.32. The molecule has 1 aliphatic carbocycles. The van der Waals surface area contributed by atoms with Crippen LogP contribution in [0, 0.1) is 11.8 Å². The zero-order valence-electron chi connectivity index (χ0n) is 21.5. The highest BCUT2D eigenvalue weighted by molar-refractivity contribution is 5.97. The number of morpholine rings is 1. The number of carbonyl (C=O) groups excluding carboxylic acids is 4. The van der Waals surface area contributed by atoms with Crippen molar-refractivity contribution in [1.29, 1.82) is 0 Å². The van der Waals surface area contributed by atoms with Gasteiger partial charge in [0.1, 0.15) is 0 Å². The van der Waals surface area contributed by atoms with Crippen molar-refractivity contribution in [3.8, 4) is 0 Å². The number of rotatable bonds is 7. The molecule has 200 valence electrons. The summed E-state index contributed by atoms with van der Waals surface area (Å²) in [7, 11) is 0. The molecule has 38 heavy (non-hydrogen) atoms. The summed E-state index contributed by atoms with van der Waals surface area (Å²) in [6, 6.07) is 14.1. The van der Waals surface area contributed by atoms with Gasteiger partial charge < -0.3 is 25.2 Å². The Morgan fingerprint density at radius 1 is 0.816 bits per heavy atom. The molecule has 9 heteroatoms. The van der Waals surface area contributed by atoms with Gasteiger partial charge in [0.25, 0.3) is 5.91 Å². The van der Waals surface area contributed by atoms with Crippen LogP contribution in [0.2, 0.25) is 0 Å². The van der Waals surface area contributed by atoms with E-state index < -0.39 is 0 Å². The zero-order chi connectivity index (χ0) is 26.5. The Kier molecular flexibility index (Phi) is 8.03. The van der Waals surface area contributed by atoms with Crippen molar-refractivity contribution in [2.24, 2.45) is 11.8 Å². The number of benzene rings is 2. The molecular weight excluding hydrogens is 484 g/mol. The van der Waals surface area contributed by atoms with Crippen molar-refractivity contribution < 1.29 is 23.9 Å². The van der Waals surface area contributed by atoms with Crippen LogP contribution in [0.15, 0.2) is 48.5 Å². The van der Waals surface area contributed by atoms with Crippen LogP contribution in [0.5, 0.6) is 0 Å². The van der Waals surface area contributed by atoms with Gasteiger partial charge in [0.15, 0.2) is 0 Å². The van der Waals surface area contributed by atoms with Crippen molar-refractivity contribution in [2.75, 3.05) is 50.0 Å². The molecule has 1 atom stereocenters. The van der Waals surface area contributed by atoms with Gasteiger partial charge >= 0.3 is 0 Å². The van der Waals surface area contributed by atoms with Crippen molar-refractivity contribution in [2.45, 2.75) is 32.1 Å². The lowest BCUT2D eigenvalue weighted by molar-refractivity contribution is -0.135. The van der Waals surface area contributed by atoms with Gasteiger partial charge in [-0.05, 0) is 67.6 Å². The van der Waals surface area contributed by atoms with E-state index in [1.54, 1.807) is 41.3 Å². The van der Waals surface area contributed by atoms with E-state index in [1.807, 2.05) is 17.0 Å². The van der Waals surface area contributed by atoms with Crippen molar-refractivity contribution in [3.63, 3.8) is 0 Å². The Balaban J connectivity index is 1.12. The predicted octanol–water partition coefficient (Wildman–Crippen LogP) is 2.93. The number of anilines is 2. The van der Waals surface area contributed by atoms with E-state index in [2.05, 4.69) is 10.6 Å². The number of piperidine rings is 1. The fraction of sp³-hybridized carbons (Fsp3) is 0.448. The van der Waals surface area contributed by atoms with Gasteiger partial charge in [0.2, 0.25) is 17.7 Å². The molecule has 4 amide bonds. The van der Waals surface area contributed by atoms with E-state index in [1.165, 1.54) is 0 Å². The Bertz CT molecular complexity index is 1190. The second kappa shape index (κ2) is 11.8. The third-order valence-corrected chi connectivity index (χ3v) is 7.30. The van der Waals surface area contributed by atoms with Crippen LogP contribution in [0.1, 0.15) is 41.6 Å². The number of nitrogens with one attached hydrogen (secondary N) is 2. The van der Waals surface area contributed by atoms with Crippen LogP contribution in [0.3, 0.4) is 0 Å². The fourth-order valence-corrected chi connectivity index (χ4v) is 5.02. The minimum atomic E-state index is -0.225. The summed E-state index contributed by atoms with van der Waals surface area (Å²) in [5, 5.41) is 5.84. The van der Waals surface area contributed by atoms with E-state index in [9.17, 15) is 19.2 Å². The molecule has 2 aromatic carbocycles. The molecule has 1 unspecified atom stereocenters. The van der Waals surface area contributed by atoms with Gasteiger partial charge in [0.05, 0.1) is 25.6 Å². The maximum absolute atomic E-state index is 12.9. The highest BCUT2D eigenvalue weighted by Crippen LogP contribution is 2.32. The van der Waals surface area contributed by atoms with Gasteiger partial charge in [-0.25, -0.2) is 0 Å². The molecule has 1 saturated carbocycles. The third-order valence-electron chi connectivity index (χ3n) is 7.30. The summed E-state index contributed by atoms with van der Waals surface area (Å²) in [5.74, 6) is -0.199. The number of ether oxygens (including phenoxy) is 1. The van der Waals surface area contributed by atoms with Gasteiger partial charge in [-0.1, -0.05) is 12.1 Å². The van der Waals surface area contributed by atoms with Gasteiger partial charge in [-0.3, -0.25) is 19.2 Å². The normalized spacial score (nSPS) is 19.5. The van der Waals surface area contributed by atoms with Crippen LogP contribution in [0.4, 0.5) is 11.4 Å². The lowest BCUT2D eigenvalue weighted by atomic mass is 9.96. The highest BCUT2D eigenvalue weighted by Gasteiger charge is 2.36. The van der Waals surface area contributed by atoms with E-state index in [0.717, 1.165) is 37.8 Å². The molecule has 9 nitrogen and oxygen atoms in total. The molecular formula is C29H34N4O5. The average Bonchev–Trinajstić information content (AvgIpc) is 3.79. The largest absolute Gasteiger partial charge is 0.378 e. The Labute approximate surface area is 222 Å². The number of likely N-dealkylation sites (tertiary alicyclic amines) is 1. The second-order valence-electron chi connectivity index (χ2n) is 10.3. The minimum Gasteiger partial charge on any atom is -0.378 e. The lowest BCUT2D eigenvalue weighted by Crippen LogP contribution is -2.44. The van der Waals surface area contributed by atoms with Crippen LogP contribution < -0.4 is 10.6 Å². The SMILES string of the molecule is O=C(Cc1cccc(NC(=O)C2CCCN(C(=O)C3CC3)C2)c1)Nc1ccc(C(=O)N2CCOCC2)cc1. The van der Waals surface area contributed by atoms with E-state index in [4.69, 9.17) is 4.74 Å². The zero-order valence-corrected chi connectivity index (χ0v) is 21.5. The molecule has 0 radical (unpaired) electrons. The molecule has 0 bridgehead atoms. The first-order valence-electron chi connectivity index (χ1n) is 13.4. The van der Waals surface area contributed by atoms with E-state index in [-0.39, 0.29) is 41.9 Å². The molecule has 3 aliphatic rings. The molecule has 2 saturated heterocycles. The average molecular weight is 519 g/mol. The topological polar surface area (TPSA) is 108 Å². The summed E-state index contributed by atoms with van der Waals surface area (Å²) in [4.78, 5) is 54.2. The third kappa shape index (κ3) is 6.58. The van der Waals surface area contributed by atoms with Gasteiger partial charge in [-0.15, -0.1) is 0 Å². The molecule has 2 aromatic rings. The number of carbonyl (C=O) groups is 4.